The number of ether oxygens (including phenoxy) is 1. The first-order valence-corrected chi connectivity index (χ1v) is 6.96. The van der Waals surface area contributed by atoms with Gasteiger partial charge in [-0.25, -0.2) is 9.18 Å². The summed E-state index contributed by atoms with van der Waals surface area (Å²) in [5, 5.41) is 8.54. The van der Waals surface area contributed by atoms with Gasteiger partial charge in [0.25, 0.3) is 0 Å². The normalized spacial score (nSPS) is 10.8. The van der Waals surface area contributed by atoms with E-state index in [4.69, 9.17) is 21.4 Å². The Hall–Kier alpha value is -1.85. The van der Waals surface area contributed by atoms with Gasteiger partial charge < -0.3 is 9.84 Å². The Morgan fingerprint density at radius 1 is 1.29 bits per heavy atom. The molecule has 0 fully saturated rings. The molecule has 0 bridgehead atoms. The average molecular weight is 372 g/mol. The molecule has 21 heavy (non-hydrogen) atoms. The number of benzene rings is 2. The smallest absolute Gasteiger partial charge is 0.328 e. The van der Waals surface area contributed by atoms with Crippen molar-refractivity contribution in [2.24, 2.45) is 0 Å². The fourth-order valence-electron chi connectivity index (χ4n) is 1.52. The minimum Gasteiger partial charge on any atom is -0.478 e. The number of carboxylic acids is 1. The number of carbonyl (C=O) groups is 1. The van der Waals surface area contributed by atoms with E-state index in [-0.39, 0.29) is 5.02 Å². The molecule has 1 N–H and O–H groups in total. The van der Waals surface area contributed by atoms with Crippen LogP contribution in [-0.4, -0.2) is 11.1 Å². The predicted octanol–water partition coefficient (Wildman–Crippen LogP) is 5.13. The molecular formula is C15H9BrClFO3. The van der Waals surface area contributed by atoms with Gasteiger partial charge in [-0.3, -0.25) is 0 Å². The van der Waals surface area contributed by atoms with E-state index in [0.29, 0.717) is 21.5 Å². The first-order valence-electron chi connectivity index (χ1n) is 5.79. The van der Waals surface area contributed by atoms with Gasteiger partial charge in [-0.05, 0) is 45.8 Å². The number of carboxylic acid groups (broad SMARTS) is 1. The topological polar surface area (TPSA) is 46.5 Å². The van der Waals surface area contributed by atoms with Gasteiger partial charge in [0, 0.05) is 12.1 Å². The zero-order valence-electron chi connectivity index (χ0n) is 10.5. The largest absolute Gasteiger partial charge is 0.478 e. The summed E-state index contributed by atoms with van der Waals surface area (Å²) in [6.45, 7) is 0. The summed E-state index contributed by atoms with van der Waals surface area (Å²) in [6.07, 6.45) is 2.50. The second kappa shape index (κ2) is 6.74. The van der Waals surface area contributed by atoms with Gasteiger partial charge in [0.15, 0.2) is 0 Å². The molecule has 108 valence electrons. The van der Waals surface area contributed by atoms with Crippen LogP contribution >= 0.6 is 27.5 Å². The van der Waals surface area contributed by atoms with Crippen LogP contribution < -0.4 is 4.74 Å². The van der Waals surface area contributed by atoms with Crippen molar-refractivity contribution in [3.63, 3.8) is 0 Å². The van der Waals surface area contributed by atoms with Crippen molar-refractivity contribution >= 4 is 39.6 Å². The van der Waals surface area contributed by atoms with Crippen molar-refractivity contribution in [3.8, 4) is 11.5 Å². The monoisotopic (exact) mass is 370 g/mol. The Bertz CT molecular complexity index is 699. The van der Waals surface area contributed by atoms with Crippen LogP contribution in [0.5, 0.6) is 11.5 Å². The molecule has 0 aliphatic carbocycles. The Kier molecular flexibility index (Phi) is 4.98. The molecule has 0 saturated carbocycles. The summed E-state index contributed by atoms with van der Waals surface area (Å²) in [6, 6.07) is 9.28. The molecule has 2 rings (SSSR count). The van der Waals surface area contributed by atoms with Crippen LogP contribution in [0.1, 0.15) is 5.56 Å². The van der Waals surface area contributed by atoms with Crippen molar-refractivity contribution in [2.75, 3.05) is 0 Å². The van der Waals surface area contributed by atoms with Gasteiger partial charge in [0.05, 0.1) is 9.50 Å². The molecule has 2 aromatic carbocycles. The van der Waals surface area contributed by atoms with Crippen LogP contribution in [0.2, 0.25) is 5.02 Å². The van der Waals surface area contributed by atoms with Crippen LogP contribution in [-0.2, 0) is 4.79 Å². The average Bonchev–Trinajstić information content (AvgIpc) is 2.44. The Morgan fingerprint density at radius 2 is 1.95 bits per heavy atom. The van der Waals surface area contributed by atoms with E-state index in [1.807, 2.05) is 0 Å². The summed E-state index contributed by atoms with van der Waals surface area (Å²) in [7, 11) is 0. The highest BCUT2D eigenvalue weighted by atomic mass is 79.9. The quantitative estimate of drug-likeness (QED) is 0.598. The molecule has 0 spiro atoms. The van der Waals surface area contributed by atoms with Crippen molar-refractivity contribution < 1.29 is 19.0 Å². The third-order valence-electron chi connectivity index (χ3n) is 2.50. The molecular weight excluding hydrogens is 363 g/mol. The fourth-order valence-corrected chi connectivity index (χ4v) is 2.24. The molecule has 6 heteroatoms. The Labute approximate surface area is 133 Å². The Morgan fingerprint density at radius 3 is 2.57 bits per heavy atom. The zero-order chi connectivity index (χ0) is 15.4. The summed E-state index contributed by atoms with van der Waals surface area (Å²) >= 11 is 8.90. The minimum absolute atomic E-state index is 0.00313. The maximum atomic E-state index is 13.4. The van der Waals surface area contributed by atoms with E-state index >= 15 is 0 Å². The van der Waals surface area contributed by atoms with Crippen molar-refractivity contribution in [1.82, 2.24) is 0 Å². The maximum Gasteiger partial charge on any atom is 0.328 e. The molecule has 0 atom stereocenters. The fraction of sp³-hybridized carbons (Fsp3) is 0. The predicted molar refractivity (Wildman–Crippen MR) is 82.3 cm³/mol. The molecule has 0 aliphatic heterocycles. The molecule has 0 aliphatic rings. The maximum absolute atomic E-state index is 13.4. The van der Waals surface area contributed by atoms with Gasteiger partial charge in [-0.2, -0.15) is 0 Å². The third kappa shape index (κ3) is 4.31. The molecule has 0 saturated heterocycles. The first kappa shape index (κ1) is 15.5. The highest BCUT2D eigenvalue weighted by Crippen LogP contribution is 2.33. The summed E-state index contributed by atoms with van der Waals surface area (Å²) in [5.74, 6) is -0.803. The lowest BCUT2D eigenvalue weighted by Gasteiger charge is -2.09. The van der Waals surface area contributed by atoms with Gasteiger partial charge in [0.1, 0.15) is 17.3 Å². The lowest BCUT2D eigenvalue weighted by molar-refractivity contribution is -0.131. The lowest BCUT2D eigenvalue weighted by Crippen LogP contribution is -1.88. The van der Waals surface area contributed by atoms with Crippen LogP contribution in [0.3, 0.4) is 0 Å². The summed E-state index contributed by atoms with van der Waals surface area (Å²) < 4.78 is 19.5. The molecule has 0 radical (unpaired) electrons. The summed E-state index contributed by atoms with van der Waals surface area (Å²) in [4.78, 5) is 10.4. The number of rotatable bonds is 4. The molecule has 0 unspecified atom stereocenters. The van der Waals surface area contributed by atoms with E-state index < -0.39 is 11.8 Å². The lowest BCUT2D eigenvalue weighted by atomic mass is 10.2. The van der Waals surface area contributed by atoms with Crippen molar-refractivity contribution in [2.45, 2.75) is 0 Å². The number of hydrogen-bond donors (Lipinski definition) is 1. The van der Waals surface area contributed by atoms with Gasteiger partial charge >= 0.3 is 5.97 Å². The summed E-state index contributed by atoms with van der Waals surface area (Å²) in [5.41, 5.74) is 0.714. The minimum atomic E-state index is -1.02. The van der Waals surface area contributed by atoms with E-state index in [1.165, 1.54) is 18.2 Å². The van der Waals surface area contributed by atoms with Crippen LogP contribution in [0, 0.1) is 5.82 Å². The molecule has 2 aromatic rings. The zero-order valence-corrected chi connectivity index (χ0v) is 12.9. The molecule has 0 amide bonds. The van der Waals surface area contributed by atoms with E-state index in [1.54, 1.807) is 24.3 Å². The first-order chi connectivity index (χ1) is 9.95. The molecule has 3 nitrogen and oxygen atoms in total. The van der Waals surface area contributed by atoms with Gasteiger partial charge in [-0.15, -0.1) is 0 Å². The van der Waals surface area contributed by atoms with E-state index in [2.05, 4.69) is 15.9 Å². The highest BCUT2D eigenvalue weighted by Gasteiger charge is 2.08. The van der Waals surface area contributed by atoms with Crippen LogP contribution in [0.15, 0.2) is 46.9 Å². The standard InChI is InChI=1S/C15H9BrClFO3/c16-11-7-12(17)13(18)8-14(11)21-10-4-1-9(2-5-10)3-6-15(19)20/h1-8H,(H,19,20)/b6-3+. The van der Waals surface area contributed by atoms with Crippen molar-refractivity contribution in [3.05, 3.63) is 63.4 Å². The van der Waals surface area contributed by atoms with Gasteiger partial charge in [0.2, 0.25) is 0 Å². The van der Waals surface area contributed by atoms with Gasteiger partial charge in [-0.1, -0.05) is 23.7 Å². The number of hydrogen-bond acceptors (Lipinski definition) is 2. The van der Waals surface area contributed by atoms with E-state index in [0.717, 1.165) is 6.08 Å². The highest BCUT2D eigenvalue weighted by molar-refractivity contribution is 9.10. The SMILES string of the molecule is O=C(O)/C=C/c1ccc(Oc2cc(F)c(Cl)cc2Br)cc1. The van der Waals surface area contributed by atoms with Crippen molar-refractivity contribution in [1.29, 1.82) is 0 Å². The molecule has 0 aromatic heterocycles. The Balaban J connectivity index is 2.17. The third-order valence-corrected chi connectivity index (χ3v) is 3.41. The number of halogens is 3. The second-order valence-electron chi connectivity index (χ2n) is 4.04. The van der Waals surface area contributed by atoms with E-state index in [9.17, 15) is 9.18 Å². The second-order valence-corrected chi connectivity index (χ2v) is 5.30. The van der Waals surface area contributed by atoms with Crippen LogP contribution in [0.4, 0.5) is 4.39 Å². The van der Waals surface area contributed by atoms with Crippen LogP contribution in [0.25, 0.3) is 6.08 Å². The molecule has 0 heterocycles. The number of aliphatic carboxylic acids is 1.